The highest BCUT2D eigenvalue weighted by Crippen LogP contribution is 2.08. The van der Waals surface area contributed by atoms with E-state index in [9.17, 15) is 4.79 Å². The molecule has 0 fully saturated rings. The first-order valence-electron chi connectivity index (χ1n) is 7.40. The van der Waals surface area contributed by atoms with E-state index in [4.69, 9.17) is 5.11 Å². The highest BCUT2D eigenvalue weighted by molar-refractivity contribution is 5.73. The van der Waals surface area contributed by atoms with E-state index in [1.807, 2.05) is 43.5 Å². The third-order valence-electron chi connectivity index (χ3n) is 3.39. The molecule has 6 nitrogen and oxygen atoms in total. The SMILES string of the molecule is CC(CCO)CNC(=O)NCc1ccc(-n2cccn2)cc1. The topological polar surface area (TPSA) is 79.2 Å². The van der Waals surface area contributed by atoms with Crippen LogP contribution in [0.2, 0.25) is 0 Å². The van der Waals surface area contributed by atoms with Gasteiger partial charge in [-0.1, -0.05) is 19.1 Å². The number of aliphatic hydroxyl groups is 1. The lowest BCUT2D eigenvalue weighted by molar-refractivity contribution is 0.233. The summed E-state index contributed by atoms with van der Waals surface area (Å²) in [5.74, 6) is 0.268. The maximum Gasteiger partial charge on any atom is 0.315 e. The molecule has 0 bridgehead atoms. The molecule has 0 saturated heterocycles. The Bertz CT molecular complexity index is 566. The van der Waals surface area contributed by atoms with Gasteiger partial charge in [0.15, 0.2) is 0 Å². The lowest BCUT2D eigenvalue weighted by atomic mass is 10.1. The van der Waals surface area contributed by atoms with Crippen molar-refractivity contribution < 1.29 is 9.90 Å². The lowest BCUT2D eigenvalue weighted by Crippen LogP contribution is -2.37. The molecule has 2 amide bonds. The fourth-order valence-corrected chi connectivity index (χ4v) is 2.02. The van der Waals surface area contributed by atoms with E-state index in [0.717, 1.165) is 11.3 Å². The fraction of sp³-hybridized carbons (Fsp3) is 0.375. The number of urea groups is 1. The largest absolute Gasteiger partial charge is 0.396 e. The van der Waals surface area contributed by atoms with E-state index in [1.165, 1.54) is 0 Å². The zero-order chi connectivity index (χ0) is 15.8. The number of aliphatic hydroxyl groups excluding tert-OH is 1. The smallest absolute Gasteiger partial charge is 0.315 e. The summed E-state index contributed by atoms with van der Waals surface area (Å²) in [4.78, 5) is 11.7. The minimum atomic E-state index is -0.194. The van der Waals surface area contributed by atoms with E-state index >= 15 is 0 Å². The number of nitrogens with one attached hydrogen (secondary N) is 2. The van der Waals surface area contributed by atoms with Crippen LogP contribution < -0.4 is 10.6 Å². The Kier molecular flexibility index (Phi) is 5.97. The molecule has 1 aromatic heterocycles. The molecule has 118 valence electrons. The summed E-state index contributed by atoms with van der Waals surface area (Å²) in [6.07, 6.45) is 4.31. The van der Waals surface area contributed by atoms with Gasteiger partial charge in [-0.05, 0) is 36.1 Å². The molecule has 0 saturated carbocycles. The summed E-state index contributed by atoms with van der Waals surface area (Å²) in [6.45, 7) is 3.17. The van der Waals surface area contributed by atoms with Crippen LogP contribution in [0.4, 0.5) is 4.79 Å². The van der Waals surface area contributed by atoms with Gasteiger partial charge < -0.3 is 15.7 Å². The van der Waals surface area contributed by atoms with Gasteiger partial charge in [-0.15, -0.1) is 0 Å². The third-order valence-corrected chi connectivity index (χ3v) is 3.39. The minimum absolute atomic E-state index is 0.146. The molecule has 2 aromatic rings. The van der Waals surface area contributed by atoms with E-state index in [-0.39, 0.29) is 18.6 Å². The Morgan fingerprint density at radius 2 is 2.09 bits per heavy atom. The van der Waals surface area contributed by atoms with Crippen molar-refractivity contribution in [3.63, 3.8) is 0 Å². The minimum Gasteiger partial charge on any atom is -0.396 e. The Hall–Kier alpha value is -2.34. The highest BCUT2D eigenvalue weighted by Gasteiger charge is 2.05. The molecule has 0 spiro atoms. The van der Waals surface area contributed by atoms with Crippen LogP contribution in [-0.4, -0.2) is 34.1 Å². The maximum absolute atomic E-state index is 11.7. The zero-order valence-corrected chi connectivity index (χ0v) is 12.7. The van der Waals surface area contributed by atoms with Crippen molar-refractivity contribution in [2.75, 3.05) is 13.2 Å². The first-order chi connectivity index (χ1) is 10.7. The van der Waals surface area contributed by atoms with Crippen molar-refractivity contribution in [1.82, 2.24) is 20.4 Å². The van der Waals surface area contributed by atoms with E-state index in [2.05, 4.69) is 15.7 Å². The molecule has 3 N–H and O–H groups in total. The van der Waals surface area contributed by atoms with Crippen LogP contribution in [0.1, 0.15) is 18.9 Å². The van der Waals surface area contributed by atoms with Crippen LogP contribution in [0.15, 0.2) is 42.7 Å². The summed E-state index contributed by atoms with van der Waals surface area (Å²) in [7, 11) is 0. The second-order valence-corrected chi connectivity index (χ2v) is 5.30. The molecular formula is C16H22N4O2. The molecule has 1 atom stereocenters. The second-order valence-electron chi connectivity index (χ2n) is 5.30. The Morgan fingerprint density at radius 3 is 2.73 bits per heavy atom. The van der Waals surface area contributed by atoms with Crippen LogP contribution in [-0.2, 0) is 6.54 Å². The monoisotopic (exact) mass is 302 g/mol. The molecular weight excluding hydrogens is 280 g/mol. The number of rotatable bonds is 7. The van der Waals surface area contributed by atoms with Gasteiger partial charge in [-0.2, -0.15) is 5.10 Å². The predicted molar refractivity (Wildman–Crippen MR) is 84.7 cm³/mol. The van der Waals surface area contributed by atoms with Gasteiger partial charge in [0.25, 0.3) is 0 Å². The van der Waals surface area contributed by atoms with E-state index < -0.39 is 0 Å². The average Bonchev–Trinajstić information content (AvgIpc) is 3.06. The highest BCUT2D eigenvalue weighted by atomic mass is 16.3. The number of aromatic nitrogens is 2. The number of hydrogen-bond donors (Lipinski definition) is 3. The lowest BCUT2D eigenvalue weighted by Gasteiger charge is -2.12. The molecule has 22 heavy (non-hydrogen) atoms. The molecule has 1 aromatic carbocycles. The second kappa shape index (κ2) is 8.19. The quantitative estimate of drug-likeness (QED) is 0.728. The summed E-state index contributed by atoms with van der Waals surface area (Å²) in [6, 6.07) is 9.53. The molecule has 0 aliphatic carbocycles. The molecule has 0 radical (unpaired) electrons. The average molecular weight is 302 g/mol. The van der Waals surface area contributed by atoms with Crippen LogP contribution in [0.5, 0.6) is 0 Å². The summed E-state index contributed by atoms with van der Waals surface area (Å²) < 4.78 is 1.78. The molecule has 0 aliphatic heterocycles. The first-order valence-corrected chi connectivity index (χ1v) is 7.40. The van der Waals surface area contributed by atoms with E-state index in [0.29, 0.717) is 19.5 Å². The normalized spacial score (nSPS) is 11.9. The number of hydrogen-bond acceptors (Lipinski definition) is 3. The fourth-order valence-electron chi connectivity index (χ4n) is 2.02. The Balaban J connectivity index is 1.76. The number of carbonyl (C=O) groups is 1. The van der Waals surface area contributed by atoms with Crippen molar-refractivity contribution in [1.29, 1.82) is 0 Å². The van der Waals surface area contributed by atoms with Gasteiger partial charge in [0.2, 0.25) is 0 Å². The van der Waals surface area contributed by atoms with Crippen molar-refractivity contribution >= 4 is 6.03 Å². The van der Waals surface area contributed by atoms with Gasteiger partial charge in [0.1, 0.15) is 0 Å². The number of benzene rings is 1. The Labute approximate surface area is 130 Å². The van der Waals surface area contributed by atoms with Gasteiger partial charge in [0.05, 0.1) is 5.69 Å². The molecule has 1 unspecified atom stereocenters. The zero-order valence-electron chi connectivity index (χ0n) is 12.7. The summed E-state index contributed by atoms with van der Waals surface area (Å²) in [5.41, 5.74) is 2.01. The van der Waals surface area contributed by atoms with Crippen molar-refractivity contribution in [3.8, 4) is 5.69 Å². The molecule has 0 aliphatic rings. The van der Waals surface area contributed by atoms with Gasteiger partial charge in [-0.25, -0.2) is 9.48 Å². The van der Waals surface area contributed by atoms with E-state index in [1.54, 1.807) is 10.9 Å². The maximum atomic E-state index is 11.7. The molecule has 2 rings (SSSR count). The first kappa shape index (κ1) is 16.0. The standard InChI is InChI=1S/C16H22N4O2/c1-13(7-10-21)11-17-16(22)18-12-14-3-5-15(6-4-14)20-9-2-8-19-20/h2-6,8-9,13,21H,7,10-12H2,1H3,(H2,17,18,22). The van der Waals surface area contributed by atoms with Crippen LogP contribution in [0.25, 0.3) is 5.69 Å². The molecule has 1 heterocycles. The van der Waals surface area contributed by atoms with Gasteiger partial charge >= 0.3 is 6.03 Å². The molecule has 6 heteroatoms. The van der Waals surface area contributed by atoms with Crippen LogP contribution in [0, 0.1) is 5.92 Å². The van der Waals surface area contributed by atoms with Gasteiger partial charge in [0, 0.05) is 32.1 Å². The third kappa shape index (κ3) is 4.89. The van der Waals surface area contributed by atoms with Crippen molar-refractivity contribution in [2.45, 2.75) is 19.9 Å². The number of carbonyl (C=O) groups excluding carboxylic acids is 1. The van der Waals surface area contributed by atoms with Crippen molar-refractivity contribution in [2.24, 2.45) is 5.92 Å². The van der Waals surface area contributed by atoms with Gasteiger partial charge in [-0.3, -0.25) is 0 Å². The Morgan fingerprint density at radius 1 is 1.32 bits per heavy atom. The summed E-state index contributed by atoms with van der Waals surface area (Å²) in [5, 5.41) is 18.6. The summed E-state index contributed by atoms with van der Waals surface area (Å²) >= 11 is 0. The van der Waals surface area contributed by atoms with Crippen LogP contribution in [0.3, 0.4) is 0 Å². The predicted octanol–water partition coefficient (Wildman–Crippen LogP) is 1.69. The number of amides is 2. The van der Waals surface area contributed by atoms with Crippen LogP contribution >= 0.6 is 0 Å². The van der Waals surface area contributed by atoms with Crippen molar-refractivity contribution in [3.05, 3.63) is 48.3 Å². The number of nitrogens with zero attached hydrogens (tertiary/aromatic N) is 2.